The highest BCUT2D eigenvalue weighted by molar-refractivity contribution is 5.94. The number of benzene rings is 2. The quantitative estimate of drug-likeness (QED) is 0.849. The number of amides is 1. The Hall–Kier alpha value is -2.37. The molecule has 1 aliphatic heterocycles. The third-order valence-electron chi connectivity index (χ3n) is 4.36. The van der Waals surface area contributed by atoms with Gasteiger partial charge in [0.2, 0.25) is 5.91 Å². The standard InChI is InChI=1S/C20H25N3O2/c1-16(21-15-17-5-3-2-4-6-17)20(24)22-18-7-9-19(10-8-18)23-11-13-25-14-12-23/h2-10,16,21H,11-15H2,1H3,(H,22,24)/t16-/m1/s1. The van der Waals surface area contributed by atoms with Gasteiger partial charge in [0.15, 0.2) is 0 Å². The molecule has 0 aliphatic carbocycles. The maximum absolute atomic E-state index is 12.3. The number of hydrogen-bond donors (Lipinski definition) is 2. The van der Waals surface area contributed by atoms with Gasteiger partial charge in [0.25, 0.3) is 0 Å². The highest BCUT2D eigenvalue weighted by Crippen LogP contribution is 2.19. The lowest BCUT2D eigenvalue weighted by molar-refractivity contribution is -0.117. The smallest absolute Gasteiger partial charge is 0.241 e. The third kappa shape index (κ3) is 5.05. The molecule has 0 aromatic heterocycles. The Bertz CT molecular complexity index is 667. The number of hydrogen-bond acceptors (Lipinski definition) is 4. The first-order valence-corrected chi connectivity index (χ1v) is 8.73. The van der Waals surface area contributed by atoms with Crippen molar-refractivity contribution in [1.82, 2.24) is 5.32 Å². The van der Waals surface area contributed by atoms with E-state index in [1.54, 1.807) is 0 Å². The predicted octanol–water partition coefficient (Wildman–Crippen LogP) is 2.64. The molecule has 2 N–H and O–H groups in total. The molecule has 5 nitrogen and oxygen atoms in total. The Morgan fingerprint density at radius 1 is 1.08 bits per heavy atom. The second-order valence-electron chi connectivity index (χ2n) is 6.22. The molecule has 0 saturated carbocycles. The molecule has 1 saturated heterocycles. The first-order valence-electron chi connectivity index (χ1n) is 8.73. The fourth-order valence-corrected chi connectivity index (χ4v) is 2.79. The molecule has 2 aromatic carbocycles. The van der Waals surface area contributed by atoms with Crippen LogP contribution in [0.1, 0.15) is 12.5 Å². The Balaban J connectivity index is 1.49. The van der Waals surface area contributed by atoms with Gasteiger partial charge in [-0.05, 0) is 36.8 Å². The molecule has 25 heavy (non-hydrogen) atoms. The number of morpholine rings is 1. The van der Waals surface area contributed by atoms with Crippen LogP contribution < -0.4 is 15.5 Å². The van der Waals surface area contributed by atoms with Gasteiger partial charge < -0.3 is 20.3 Å². The van der Waals surface area contributed by atoms with Crippen LogP contribution in [0.5, 0.6) is 0 Å². The summed E-state index contributed by atoms with van der Waals surface area (Å²) in [6, 6.07) is 17.8. The molecule has 1 amide bonds. The first kappa shape index (κ1) is 17.5. The van der Waals surface area contributed by atoms with E-state index in [1.165, 1.54) is 0 Å². The van der Waals surface area contributed by atoms with E-state index in [2.05, 4.69) is 15.5 Å². The normalized spacial score (nSPS) is 15.6. The van der Waals surface area contributed by atoms with Crippen LogP contribution in [0.25, 0.3) is 0 Å². The summed E-state index contributed by atoms with van der Waals surface area (Å²) in [5.41, 5.74) is 3.14. The number of nitrogens with zero attached hydrogens (tertiary/aromatic N) is 1. The minimum atomic E-state index is -0.265. The monoisotopic (exact) mass is 339 g/mol. The first-order chi connectivity index (χ1) is 12.2. The summed E-state index contributed by atoms with van der Waals surface area (Å²) in [7, 11) is 0. The molecule has 1 atom stereocenters. The average molecular weight is 339 g/mol. The van der Waals surface area contributed by atoms with Gasteiger partial charge in [-0.2, -0.15) is 0 Å². The van der Waals surface area contributed by atoms with Crippen molar-refractivity contribution in [2.45, 2.75) is 19.5 Å². The summed E-state index contributed by atoms with van der Waals surface area (Å²) in [4.78, 5) is 14.6. The molecular weight excluding hydrogens is 314 g/mol. The van der Waals surface area contributed by atoms with E-state index in [-0.39, 0.29) is 11.9 Å². The second kappa shape index (κ2) is 8.65. The zero-order chi connectivity index (χ0) is 17.5. The van der Waals surface area contributed by atoms with Crippen molar-refractivity contribution in [2.75, 3.05) is 36.5 Å². The number of carbonyl (C=O) groups is 1. The van der Waals surface area contributed by atoms with Gasteiger partial charge in [0.05, 0.1) is 19.3 Å². The topological polar surface area (TPSA) is 53.6 Å². The molecule has 2 aromatic rings. The summed E-state index contributed by atoms with van der Waals surface area (Å²) in [5.74, 6) is -0.0324. The Kier molecular flexibility index (Phi) is 6.04. The molecule has 1 heterocycles. The molecule has 0 bridgehead atoms. The van der Waals surface area contributed by atoms with Crippen LogP contribution >= 0.6 is 0 Å². The van der Waals surface area contributed by atoms with Crippen LogP contribution in [0, 0.1) is 0 Å². The van der Waals surface area contributed by atoms with Crippen LogP contribution in [0.15, 0.2) is 54.6 Å². The van der Waals surface area contributed by atoms with Gasteiger partial charge in [0.1, 0.15) is 0 Å². The Morgan fingerprint density at radius 3 is 2.44 bits per heavy atom. The number of anilines is 2. The molecule has 132 valence electrons. The summed E-state index contributed by atoms with van der Waals surface area (Å²) in [5, 5.41) is 6.21. The zero-order valence-corrected chi connectivity index (χ0v) is 14.6. The lowest BCUT2D eigenvalue weighted by Crippen LogP contribution is -2.37. The van der Waals surface area contributed by atoms with Crippen LogP contribution in [-0.4, -0.2) is 38.3 Å². The molecule has 5 heteroatoms. The van der Waals surface area contributed by atoms with Crippen LogP contribution in [0.3, 0.4) is 0 Å². The van der Waals surface area contributed by atoms with Crippen molar-refractivity contribution < 1.29 is 9.53 Å². The summed E-state index contributed by atoms with van der Waals surface area (Å²) in [6.45, 7) is 5.90. The lowest BCUT2D eigenvalue weighted by atomic mass is 10.2. The maximum Gasteiger partial charge on any atom is 0.241 e. The summed E-state index contributed by atoms with van der Waals surface area (Å²) < 4.78 is 5.37. The number of carbonyl (C=O) groups excluding carboxylic acids is 1. The van der Waals surface area contributed by atoms with Crippen molar-refractivity contribution >= 4 is 17.3 Å². The number of rotatable bonds is 6. The van der Waals surface area contributed by atoms with Gasteiger partial charge in [-0.1, -0.05) is 30.3 Å². The van der Waals surface area contributed by atoms with E-state index < -0.39 is 0 Å². The average Bonchev–Trinajstić information content (AvgIpc) is 2.68. The molecule has 1 aliphatic rings. The molecule has 3 rings (SSSR count). The predicted molar refractivity (Wildman–Crippen MR) is 101 cm³/mol. The highest BCUT2D eigenvalue weighted by atomic mass is 16.5. The third-order valence-corrected chi connectivity index (χ3v) is 4.36. The molecule has 0 radical (unpaired) electrons. The van der Waals surface area contributed by atoms with Gasteiger partial charge in [-0.15, -0.1) is 0 Å². The van der Waals surface area contributed by atoms with Crippen molar-refractivity contribution in [3.05, 3.63) is 60.2 Å². The maximum atomic E-state index is 12.3. The number of ether oxygens (including phenoxy) is 1. The summed E-state index contributed by atoms with van der Waals surface area (Å²) in [6.07, 6.45) is 0. The van der Waals surface area contributed by atoms with Crippen molar-refractivity contribution in [3.8, 4) is 0 Å². The van der Waals surface area contributed by atoms with Gasteiger partial charge in [0, 0.05) is 31.0 Å². The number of nitrogens with one attached hydrogen (secondary N) is 2. The van der Waals surface area contributed by atoms with Crippen molar-refractivity contribution in [1.29, 1.82) is 0 Å². The van der Waals surface area contributed by atoms with Crippen molar-refractivity contribution in [3.63, 3.8) is 0 Å². The minimum absolute atomic E-state index is 0.0324. The van der Waals surface area contributed by atoms with Crippen LogP contribution in [0.2, 0.25) is 0 Å². The van der Waals surface area contributed by atoms with Crippen molar-refractivity contribution in [2.24, 2.45) is 0 Å². The van der Waals surface area contributed by atoms with Gasteiger partial charge >= 0.3 is 0 Å². The minimum Gasteiger partial charge on any atom is -0.378 e. The zero-order valence-electron chi connectivity index (χ0n) is 14.6. The van der Waals surface area contributed by atoms with Crippen LogP contribution in [0.4, 0.5) is 11.4 Å². The Labute approximate surface area is 149 Å². The fraction of sp³-hybridized carbons (Fsp3) is 0.350. The van der Waals surface area contributed by atoms with E-state index in [0.29, 0.717) is 6.54 Å². The van der Waals surface area contributed by atoms with E-state index in [0.717, 1.165) is 43.2 Å². The highest BCUT2D eigenvalue weighted by Gasteiger charge is 2.14. The Morgan fingerprint density at radius 2 is 1.76 bits per heavy atom. The van der Waals surface area contributed by atoms with E-state index in [1.807, 2.05) is 61.5 Å². The van der Waals surface area contributed by atoms with Gasteiger partial charge in [-0.25, -0.2) is 0 Å². The molecule has 0 unspecified atom stereocenters. The molecule has 0 spiro atoms. The summed E-state index contributed by atoms with van der Waals surface area (Å²) >= 11 is 0. The lowest BCUT2D eigenvalue weighted by Gasteiger charge is -2.29. The van der Waals surface area contributed by atoms with E-state index in [4.69, 9.17) is 4.74 Å². The fourth-order valence-electron chi connectivity index (χ4n) is 2.79. The van der Waals surface area contributed by atoms with Crippen LogP contribution in [-0.2, 0) is 16.1 Å². The van der Waals surface area contributed by atoms with Gasteiger partial charge in [-0.3, -0.25) is 4.79 Å². The SMILES string of the molecule is C[C@@H](NCc1ccccc1)C(=O)Nc1ccc(N2CCOCC2)cc1. The molecule has 1 fully saturated rings. The second-order valence-corrected chi connectivity index (χ2v) is 6.22. The molecular formula is C20H25N3O2. The largest absolute Gasteiger partial charge is 0.378 e. The van der Waals surface area contributed by atoms with E-state index in [9.17, 15) is 4.79 Å². The van der Waals surface area contributed by atoms with E-state index >= 15 is 0 Å².